The van der Waals surface area contributed by atoms with E-state index in [1.807, 2.05) is 27.1 Å². The number of nitrogens with two attached hydrogens (primary N) is 1. The Hall–Kier alpha value is -1.40. The number of aromatic nitrogens is 2. The molecule has 1 rings (SSSR count). The molecular weight excluding hydrogens is 196 g/mol. The molecule has 0 aromatic carbocycles. The summed E-state index contributed by atoms with van der Waals surface area (Å²) in [7, 11) is 1.85. The molecule has 0 spiro atoms. The summed E-state index contributed by atoms with van der Waals surface area (Å²) < 4.78 is 1.73. The molecule has 15 heavy (non-hydrogen) atoms. The zero-order chi connectivity index (χ0) is 11.4. The van der Waals surface area contributed by atoms with Gasteiger partial charge in [0.15, 0.2) is 0 Å². The van der Waals surface area contributed by atoms with Gasteiger partial charge in [0.2, 0.25) is 5.91 Å². The van der Waals surface area contributed by atoms with Crippen LogP contribution >= 0.6 is 0 Å². The summed E-state index contributed by atoms with van der Waals surface area (Å²) in [6, 6.07) is -0.0296. The van der Waals surface area contributed by atoms with E-state index in [0.717, 1.165) is 11.3 Å². The molecule has 0 aliphatic rings. The predicted octanol–water partition coefficient (Wildman–Crippen LogP) is -0.204. The molecule has 84 valence electrons. The van der Waals surface area contributed by atoms with Crippen molar-refractivity contribution in [3.05, 3.63) is 17.5 Å². The van der Waals surface area contributed by atoms with E-state index >= 15 is 0 Å². The average Bonchev–Trinajstić information content (AvgIpc) is 2.44. The average molecular weight is 212 g/mol. The number of amides is 1. The first-order chi connectivity index (χ1) is 7.00. The van der Waals surface area contributed by atoms with Gasteiger partial charge in [-0.1, -0.05) is 0 Å². The largest absolute Gasteiger partial charge is 0.368 e. The fourth-order valence-corrected chi connectivity index (χ4v) is 1.34. The third kappa shape index (κ3) is 3.34. The molecule has 6 heteroatoms. The first-order valence-electron chi connectivity index (χ1n) is 4.66. The molecule has 0 bridgehead atoms. The van der Waals surface area contributed by atoms with Gasteiger partial charge in [-0.2, -0.15) is 10.6 Å². The summed E-state index contributed by atoms with van der Waals surface area (Å²) in [6.45, 7) is 3.70. The predicted molar refractivity (Wildman–Crippen MR) is 54.6 cm³/mol. The minimum atomic E-state index is -0.502. The van der Waals surface area contributed by atoms with Crippen molar-refractivity contribution in [3.63, 3.8) is 0 Å². The van der Waals surface area contributed by atoms with Crippen LogP contribution < -0.4 is 11.2 Å². The maximum absolute atomic E-state index is 10.4. The number of hydroxylamine groups is 1. The summed E-state index contributed by atoms with van der Waals surface area (Å²) in [4.78, 5) is 15.3. The van der Waals surface area contributed by atoms with Crippen LogP contribution in [0, 0.1) is 6.92 Å². The van der Waals surface area contributed by atoms with E-state index < -0.39 is 5.91 Å². The zero-order valence-corrected chi connectivity index (χ0v) is 9.15. The van der Waals surface area contributed by atoms with Gasteiger partial charge in [-0.3, -0.25) is 14.3 Å². The Morgan fingerprint density at radius 1 is 1.80 bits per heavy atom. The van der Waals surface area contributed by atoms with Gasteiger partial charge in [0, 0.05) is 18.8 Å². The van der Waals surface area contributed by atoms with Crippen molar-refractivity contribution in [1.29, 1.82) is 0 Å². The Morgan fingerprint density at radius 2 is 2.47 bits per heavy atom. The summed E-state index contributed by atoms with van der Waals surface area (Å²) in [6.07, 6.45) is 1.90. The number of nitrogens with one attached hydrogen (secondary N) is 1. The Kier molecular flexibility index (Phi) is 3.81. The number of primary amides is 1. The van der Waals surface area contributed by atoms with Crippen LogP contribution in [0.1, 0.15) is 24.2 Å². The van der Waals surface area contributed by atoms with Crippen LogP contribution in [0.4, 0.5) is 0 Å². The fourth-order valence-electron chi connectivity index (χ4n) is 1.34. The minimum Gasteiger partial charge on any atom is -0.368 e. The second-order valence-electron chi connectivity index (χ2n) is 3.44. The molecule has 0 fully saturated rings. The number of hydrogen-bond donors (Lipinski definition) is 2. The van der Waals surface area contributed by atoms with Crippen molar-refractivity contribution < 1.29 is 9.63 Å². The van der Waals surface area contributed by atoms with Gasteiger partial charge in [-0.15, -0.1) is 0 Å². The molecule has 1 heterocycles. The Morgan fingerprint density at radius 3 is 2.93 bits per heavy atom. The first-order valence-corrected chi connectivity index (χ1v) is 4.66. The highest BCUT2D eigenvalue weighted by Crippen LogP contribution is 2.14. The molecule has 0 aliphatic heterocycles. The molecule has 3 N–H and O–H groups in total. The zero-order valence-electron chi connectivity index (χ0n) is 9.15. The van der Waals surface area contributed by atoms with Gasteiger partial charge in [0.25, 0.3) is 0 Å². The lowest BCUT2D eigenvalue weighted by Gasteiger charge is -2.11. The molecule has 1 unspecified atom stereocenters. The number of nitrogens with zero attached hydrogens (tertiary/aromatic N) is 2. The van der Waals surface area contributed by atoms with E-state index in [2.05, 4.69) is 10.6 Å². The SMILES string of the molecule is Cc1nn(C)cc1C(C)NOCC(N)=O. The molecule has 0 aliphatic carbocycles. The van der Waals surface area contributed by atoms with Gasteiger partial charge in [-0.05, 0) is 13.8 Å². The van der Waals surface area contributed by atoms with Crippen LogP contribution in [0.3, 0.4) is 0 Å². The number of rotatable bonds is 5. The van der Waals surface area contributed by atoms with Gasteiger partial charge >= 0.3 is 0 Å². The summed E-state index contributed by atoms with van der Waals surface area (Å²) in [5, 5.41) is 4.20. The van der Waals surface area contributed by atoms with Crippen LogP contribution in [0.25, 0.3) is 0 Å². The molecule has 1 aromatic heterocycles. The second kappa shape index (κ2) is 4.90. The van der Waals surface area contributed by atoms with Gasteiger partial charge < -0.3 is 5.73 Å². The van der Waals surface area contributed by atoms with E-state index in [9.17, 15) is 4.79 Å². The first kappa shape index (κ1) is 11.7. The molecular formula is C9H16N4O2. The van der Waals surface area contributed by atoms with Crippen molar-refractivity contribution in [2.75, 3.05) is 6.61 Å². The molecule has 1 atom stereocenters. The van der Waals surface area contributed by atoms with E-state index in [0.29, 0.717) is 0 Å². The van der Waals surface area contributed by atoms with E-state index in [1.165, 1.54) is 0 Å². The molecule has 0 saturated carbocycles. The van der Waals surface area contributed by atoms with Gasteiger partial charge in [0.05, 0.1) is 11.7 Å². The molecule has 0 saturated heterocycles. The van der Waals surface area contributed by atoms with Crippen molar-refractivity contribution in [2.45, 2.75) is 19.9 Å². The van der Waals surface area contributed by atoms with Crippen LogP contribution in [0.15, 0.2) is 6.20 Å². The van der Waals surface area contributed by atoms with Crippen molar-refractivity contribution in [1.82, 2.24) is 15.3 Å². The van der Waals surface area contributed by atoms with Crippen molar-refractivity contribution >= 4 is 5.91 Å². The normalized spacial score (nSPS) is 12.7. The number of hydrogen-bond acceptors (Lipinski definition) is 4. The second-order valence-corrected chi connectivity index (χ2v) is 3.44. The Labute approximate surface area is 88.3 Å². The quantitative estimate of drug-likeness (QED) is 0.662. The fraction of sp³-hybridized carbons (Fsp3) is 0.556. The summed E-state index contributed by atoms with van der Waals surface area (Å²) >= 11 is 0. The molecule has 1 amide bonds. The third-order valence-corrected chi connectivity index (χ3v) is 1.99. The number of aryl methyl sites for hydroxylation is 2. The van der Waals surface area contributed by atoms with E-state index in [4.69, 9.17) is 10.6 Å². The third-order valence-electron chi connectivity index (χ3n) is 1.99. The lowest BCUT2D eigenvalue weighted by Crippen LogP contribution is -2.26. The number of carbonyl (C=O) groups is 1. The van der Waals surface area contributed by atoms with E-state index in [-0.39, 0.29) is 12.6 Å². The monoisotopic (exact) mass is 212 g/mol. The Balaban J connectivity index is 2.50. The molecule has 6 nitrogen and oxygen atoms in total. The van der Waals surface area contributed by atoms with Crippen molar-refractivity contribution in [3.8, 4) is 0 Å². The maximum Gasteiger partial charge on any atom is 0.245 e. The van der Waals surface area contributed by atoms with Crippen LogP contribution in [-0.4, -0.2) is 22.3 Å². The highest BCUT2D eigenvalue weighted by atomic mass is 16.6. The van der Waals surface area contributed by atoms with Gasteiger partial charge in [-0.25, -0.2) is 0 Å². The maximum atomic E-state index is 10.4. The molecule has 0 radical (unpaired) electrons. The van der Waals surface area contributed by atoms with Gasteiger partial charge in [0.1, 0.15) is 6.61 Å². The summed E-state index contributed by atoms with van der Waals surface area (Å²) in [5.74, 6) is -0.502. The summed E-state index contributed by atoms with van der Waals surface area (Å²) in [5.41, 5.74) is 9.62. The molecule has 1 aromatic rings. The lowest BCUT2D eigenvalue weighted by molar-refractivity contribution is -0.126. The van der Waals surface area contributed by atoms with Crippen molar-refractivity contribution in [2.24, 2.45) is 12.8 Å². The standard InChI is InChI=1S/C9H16N4O2/c1-6-8(4-13(3)11-6)7(2)12-15-5-9(10)14/h4,7,12H,5H2,1-3H3,(H2,10,14). The number of carbonyl (C=O) groups excluding carboxylic acids is 1. The van der Waals surface area contributed by atoms with Crippen LogP contribution in [0.2, 0.25) is 0 Å². The van der Waals surface area contributed by atoms with Crippen LogP contribution in [0.5, 0.6) is 0 Å². The smallest absolute Gasteiger partial charge is 0.245 e. The van der Waals surface area contributed by atoms with Crippen LogP contribution in [-0.2, 0) is 16.7 Å². The topological polar surface area (TPSA) is 82.2 Å². The van der Waals surface area contributed by atoms with E-state index in [1.54, 1.807) is 4.68 Å². The minimum absolute atomic E-state index is 0.0296. The highest BCUT2D eigenvalue weighted by molar-refractivity contribution is 5.74. The Bertz CT molecular complexity index is 348. The lowest BCUT2D eigenvalue weighted by atomic mass is 10.1. The highest BCUT2D eigenvalue weighted by Gasteiger charge is 2.11.